The number of nitrogens with one attached hydrogen (secondary N) is 1. The Morgan fingerprint density at radius 2 is 2.16 bits per heavy atom. The number of benzene rings is 1. The SMILES string of the molecule is CC(C)(CC(N)c1ccc2c(c1)CC(=O)N2)C(N)=O. The van der Waals surface area contributed by atoms with Crippen LogP contribution in [-0.4, -0.2) is 11.8 Å². The average molecular weight is 261 g/mol. The number of carbonyl (C=O) groups excluding carboxylic acids is 2. The summed E-state index contributed by atoms with van der Waals surface area (Å²) in [7, 11) is 0. The molecule has 0 bridgehead atoms. The number of carbonyl (C=O) groups is 2. The summed E-state index contributed by atoms with van der Waals surface area (Å²) in [5.41, 5.74) is 13.6. The molecule has 2 rings (SSSR count). The van der Waals surface area contributed by atoms with Crippen LogP contribution >= 0.6 is 0 Å². The lowest BCUT2D eigenvalue weighted by molar-refractivity contribution is -0.126. The molecule has 1 unspecified atom stereocenters. The third-order valence-electron chi connectivity index (χ3n) is 3.58. The molecule has 0 spiro atoms. The molecular weight excluding hydrogens is 242 g/mol. The maximum Gasteiger partial charge on any atom is 0.228 e. The predicted octanol–water partition coefficient (Wildman–Crippen LogP) is 1.08. The average Bonchev–Trinajstić information content (AvgIpc) is 2.66. The normalized spacial score (nSPS) is 15.8. The van der Waals surface area contributed by atoms with Gasteiger partial charge in [-0.25, -0.2) is 0 Å². The van der Waals surface area contributed by atoms with Gasteiger partial charge in [0.05, 0.1) is 6.42 Å². The highest BCUT2D eigenvalue weighted by Crippen LogP contribution is 2.31. The predicted molar refractivity (Wildman–Crippen MR) is 73.3 cm³/mol. The summed E-state index contributed by atoms with van der Waals surface area (Å²) >= 11 is 0. The van der Waals surface area contributed by atoms with E-state index < -0.39 is 5.41 Å². The van der Waals surface area contributed by atoms with Gasteiger partial charge in [-0.15, -0.1) is 0 Å². The van der Waals surface area contributed by atoms with Crippen molar-refractivity contribution in [2.45, 2.75) is 32.7 Å². The van der Waals surface area contributed by atoms with Crippen molar-refractivity contribution in [1.82, 2.24) is 0 Å². The number of rotatable bonds is 4. The van der Waals surface area contributed by atoms with E-state index >= 15 is 0 Å². The van der Waals surface area contributed by atoms with Crippen molar-refractivity contribution in [3.05, 3.63) is 29.3 Å². The highest BCUT2D eigenvalue weighted by atomic mass is 16.2. The van der Waals surface area contributed by atoms with E-state index in [1.807, 2.05) is 18.2 Å². The van der Waals surface area contributed by atoms with Gasteiger partial charge >= 0.3 is 0 Å². The summed E-state index contributed by atoms with van der Waals surface area (Å²) in [5, 5.41) is 2.78. The van der Waals surface area contributed by atoms with E-state index in [0.717, 1.165) is 16.8 Å². The number of hydrogen-bond acceptors (Lipinski definition) is 3. The minimum Gasteiger partial charge on any atom is -0.369 e. The molecule has 1 heterocycles. The molecule has 5 N–H and O–H groups in total. The molecule has 2 amide bonds. The van der Waals surface area contributed by atoms with Crippen LogP contribution in [0.4, 0.5) is 5.69 Å². The maximum absolute atomic E-state index is 11.3. The number of amides is 2. The Kier molecular flexibility index (Phi) is 3.32. The molecule has 1 aromatic rings. The summed E-state index contributed by atoms with van der Waals surface area (Å²) in [6, 6.07) is 5.39. The summed E-state index contributed by atoms with van der Waals surface area (Å²) in [4.78, 5) is 22.6. The van der Waals surface area contributed by atoms with Crippen LogP contribution < -0.4 is 16.8 Å². The molecular formula is C14H19N3O2. The highest BCUT2D eigenvalue weighted by Gasteiger charge is 2.28. The molecule has 1 aromatic carbocycles. The van der Waals surface area contributed by atoms with Crippen molar-refractivity contribution in [3.8, 4) is 0 Å². The molecule has 1 aliphatic rings. The molecule has 1 aliphatic heterocycles. The first kappa shape index (κ1) is 13.5. The zero-order valence-electron chi connectivity index (χ0n) is 11.2. The van der Waals surface area contributed by atoms with Gasteiger partial charge in [-0.3, -0.25) is 9.59 Å². The monoisotopic (exact) mass is 261 g/mol. The Bertz CT molecular complexity index is 537. The van der Waals surface area contributed by atoms with E-state index in [0.29, 0.717) is 12.8 Å². The van der Waals surface area contributed by atoms with Crippen LogP contribution in [0.15, 0.2) is 18.2 Å². The smallest absolute Gasteiger partial charge is 0.228 e. The topological polar surface area (TPSA) is 98.2 Å². The van der Waals surface area contributed by atoms with Crippen LogP contribution in [0.5, 0.6) is 0 Å². The third kappa shape index (κ3) is 2.76. The van der Waals surface area contributed by atoms with Gasteiger partial charge in [-0.1, -0.05) is 26.0 Å². The minimum absolute atomic E-state index is 0.00168. The van der Waals surface area contributed by atoms with Crippen LogP contribution in [0.25, 0.3) is 0 Å². The Balaban J connectivity index is 2.17. The Morgan fingerprint density at radius 3 is 2.79 bits per heavy atom. The molecule has 5 heteroatoms. The van der Waals surface area contributed by atoms with Crippen LogP contribution in [0.2, 0.25) is 0 Å². The van der Waals surface area contributed by atoms with Crippen molar-refractivity contribution in [2.75, 3.05) is 5.32 Å². The zero-order chi connectivity index (χ0) is 14.2. The van der Waals surface area contributed by atoms with Gasteiger partial charge in [0, 0.05) is 17.1 Å². The molecule has 0 radical (unpaired) electrons. The van der Waals surface area contributed by atoms with E-state index in [1.54, 1.807) is 13.8 Å². The van der Waals surface area contributed by atoms with Crippen LogP contribution in [0.3, 0.4) is 0 Å². The van der Waals surface area contributed by atoms with Gasteiger partial charge in [0.15, 0.2) is 0 Å². The fourth-order valence-corrected chi connectivity index (χ4v) is 2.25. The first-order valence-corrected chi connectivity index (χ1v) is 6.28. The molecule has 0 saturated heterocycles. The highest BCUT2D eigenvalue weighted by molar-refractivity contribution is 5.99. The molecule has 0 aromatic heterocycles. The number of hydrogen-bond donors (Lipinski definition) is 3. The molecule has 19 heavy (non-hydrogen) atoms. The zero-order valence-corrected chi connectivity index (χ0v) is 11.2. The first-order chi connectivity index (χ1) is 8.79. The van der Waals surface area contributed by atoms with Crippen molar-refractivity contribution in [2.24, 2.45) is 16.9 Å². The minimum atomic E-state index is -0.646. The second kappa shape index (κ2) is 4.66. The maximum atomic E-state index is 11.3. The van der Waals surface area contributed by atoms with E-state index in [-0.39, 0.29) is 17.9 Å². The van der Waals surface area contributed by atoms with Crippen molar-refractivity contribution < 1.29 is 9.59 Å². The quantitative estimate of drug-likeness (QED) is 0.756. The van der Waals surface area contributed by atoms with Crippen LogP contribution in [-0.2, 0) is 16.0 Å². The number of primary amides is 1. The fraction of sp³-hybridized carbons (Fsp3) is 0.429. The third-order valence-corrected chi connectivity index (χ3v) is 3.58. The van der Waals surface area contributed by atoms with Crippen LogP contribution in [0.1, 0.15) is 37.4 Å². The van der Waals surface area contributed by atoms with Crippen molar-refractivity contribution in [1.29, 1.82) is 0 Å². The molecule has 5 nitrogen and oxygen atoms in total. The number of anilines is 1. The van der Waals surface area contributed by atoms with Crippen LogP contribution in [0, 0.1) is 5.41 Å². The van der Waals surface area contributed by atoms with E-state index in [4.69, 9.17) is 11.5 Å². The molecule has 102 valence electrons. The summed E-state index contributed by atoms with van der Waals surface area (Å²) in [6.45, 7) is 3.57. The Labute approximate surface area is 112 Å². The largest absolute Gasteiger partial charge is 0.369 e. The van der Waals surface area contributed by atoms with Gasteiger partial charge in [-0.2, -0.15) is 0 Å². The summed E-state index contributed by atoms with van der Waals surface area (Å²) in [6.07, 6.45) is 0.859. The van der Waals surface area contributed by atoms with Gasteiger partial charge in [-0.05, 0) is 23.6 Å². The lowest BCUT2D eigenvalue weighted by atomic mass is 9.83. The molecule has 0 fully saturated rings. The molecule has 0 aliphatic carbocycles. The van der Waals surface area contributed by atoms with E-state index in [2.05, 4.69) is 5.32 Å². The summed E-state index contributed by atoms with van der Waals surface area (Å²) < 4.78 is 0. The van der Waals surface area contributed by atoms with Gasteiger partial charge in [0.25, 0.3) is 0 Å². The van der Waals surface area contributed by atoms with Gasteiger partial charge in [0.1, 0.15) is 0 Å². The van der Waals surface area contributed by atoms with Crippen molar-refractivity contribution >= 4 is 17.5 Å². The van der Waals surface area contributed by atoms with Gasteiger partial charge < -0.3 is 16.8 Å². The van der Waals surface area contributed by atoms with E-state index in [1.165, 1.54) is 0 Å². The second-order valence-electron chi connectivity index (χ2n) is 5.70. The lowest BCUT2D eigenvalue weighted by Crippen LogP contribution is -2.34. The second-order valence-corrected chi connectivity index (χ2v) is 5.70. The molecule has 1 atom stereocenters. The number of fused-ring (bicyclic) bond motifs is 1. The number of nitrogens with two attached hydrogens (primary N) is 2. The Hall–Kier alpha value is -1.88. The molecule has 0 saturated carbocycles. The fourth-order valence-electron chi connectivity index (χ4n) is 2.25. The summed E-state index contributed by atoms with van der Waals surface area (Å²) in [5.74, 6) is -0.362. The lowest BCUT2D eigenvalue weighted by Gasteiger charge is -2.25. The standard InChI is InChI=1S/C14H19N3O2/c1-14(2,13(16)19)7-10(15)8-3-4-11-9(5-8)6-12(18)17-11/h3-5,10H,6-7,15H2,1-2H3,(H2,16,19)(H,17,18). The van der Waals surface area contributed by atoms with E-state index in [9.17, 15) is 9.59 Å². The first-order valence-electron chi connectivity index (χ1n) is 6.28. The Morgan fingerprint density at radius 1 is 1.47 bits per heavy atom. The van der Waals surface area contributed by atoms with Gasteiger partial charge in [0.2, 0.25) is 11.8 Å². The van der Waals surface area contributed by atoms with Crippen molar-refractivity contribution in [3.63, 3.8) is 0 Å².